The predicted molar refractivity (Wildman–Crippen MR) is 76.7 cm³/mol. The minimum Gasteiger partial charge on any atom is -0.334 e. The molecule has 1 fully saturated rings. The van der Waals surface area contributed by atoms with Gasteiger partial charge in [0.05, 0.1) is 6.04 Å². The van der Waals surface area contributed by atoms with Crippen molar-refractivity contribution in [1.82, 2.24) is 9.80 Å². The number of nitrogens with zero attached hydrogens (tertiary/aromatic N) is 2. The Kier molecular flexibility index (Phi) is 4.56. The normalized spacial score (nSPS) is 23.2. The first-order valence-corrected chi connectivity index (χ1v) is 6.91. The predicted octanol–water partition coefficient (Wildman–Crippen LogP) is 1.24. The van der Waals surface area contributed by atoms with Gasteiger partial charge in [-0.1, -0.05) is 30.3 Å². The Morgan fingerprint density at radius 2 is 2.00 bits per heavy atom. The second-order valence-electron chi connectivity index (χ2n) is 5.20. The molecule has 1 aliphatic rings. The van der Waals surface area contributed by atoms with E-state index in [1.165, 1.54) is 5.56 Å². The minimum atomic E-state index is -0.186. The van der Waals surface area contributed by atoms with Crippen LogP contribution in [0.2, 0.25) is 0 Å². The van der Waals surface area contributed by atoms with E-state index in [2.05, 4.69) is 24.0 Å². The number of rotatable bonds is 3. The van der Waals surface area contributed by atoms with Crippen molar-refractivity contribution >= 4 is 5.91 Å². The molecule has 1 aliphatic heterocycles. The maximum Gasteiger partial charge on any atom is 0.241 e. The highest BCUT2D eigenvalue weighted by molar-refractivity contribution is 5.82. The third kappa shape index (κ3) is 2.96. The highest BCUT2D eigenvalue weighted by Crippen LogP contribution is 2.23. The van der Waals surface area contributed by atoms with Crippen molar-refractivity contribution in [2.75, 3.05) is 26.7 Å². The van der Waals surface area contributed by atoms with E-state index >= 15 is 0 Å². The number of nitrogens with two attached hydrogens (primary N) is 1. The van der Waals surface area contributed by atoms with Crippen molar-refractivity contribution in [2.45, 2.75) is 25.4 Å². The molecule has 1 amide bonds. The van der Waals surface area contributed by atoms with Gasteiger partial charge in [-0.25, -0.2) is 0 Å². The van der Waals surface area contributed by atoms with Crippen molar-refractivity contribution < 1.29 is 4.79 Å². The van der Waals surface area contributed by atoms with Gasteiger partial charge in [-0.15, -0.1) is 0 Å². The van der Waals surface area contributed by atoms with Gasteiger partial charge >= 0.3 is 0 Å². The van der Waals surface area contributed by atoms with Crippen LogP contribution in [0, 0.1) is 0 Å². The number of carbonyl (C=O) groups excluding carboxylic acids is 1. The van der Waals surface area contributed by atoms with Gasteiger partial charge in [0.25, 0.3) is 0 Å². The monoisotopic (exact) mass is 261 g/mol. The van der Waals surface area contributed by atoms with Gasteiger partial charge in [0.15, 0.2) is 0 Å². The van der Waals surface area contributed by atoms with E-state index in [0.29, 0.717) is 6.54 Å². The number of carbonyl (C=O) groups is 1. The zero-order valence-corrected chi connectivity index (χ0v) is 11.7. The van der Waals surface area contributed by atoms with E-state index in [4.69, 9.17) is 5.73 Å². The lowest BCUT2D eigenvalue weighted by Gasteiger charge is -2.31. The summed E-state index contributed by atoms with van der Waals surface area (Å²) in [7, 11) is 1.98. The third-order valence-electron chi connectivity index (χ3n) is 3.98. The molecule has 19 heavy (non-hydrogen) atoms. The molecule has 1 saturated heterocycles. The first-order valence-electron chi connectivity index (χ1n) is 6.91. The second kappa shape index (κ2) is 6.17. The molecule has 1 aromatic rings. The Balaban J connectivity index is 2.21. The summed E-state index contributed by atoms with van der Waals surface area (Å²) in [5.74, 6) is 0.152. The van der Waals surface area contributed by atoms with Gasteiger partial charge in [-0.05, 0) is 26.0 Å². The van der Waals surface area contributed by atoms with Crippen molar-refractivity contribution in [3.8, 4) is 0 Å². The summed E-state index contributed by atoms with van der Waals surface area (Å²) in [6, 6.07) is 10.1. The molecule has 2 N–H and O–H groups in total. The number of hydrogen-bond donors (Lipinski definition) is 1. The molecular weight excluding hydrogens is 238 g/mol. The number of likely N-dealkylation sites (N-methyl/N-ethyl adjacent to an activating group) is 1. The van der Waals surface area contributed by atoms with Gasteiger partial charge < -0.3 is 10.6 Å². The van der Waals surface area contributed by atoms with Gasteiger partial charge in [0.2, 0.25) is 5.91 Å². The van der Waals surface area contributed by atoms with Crippen molar-refractivity contribution in [1.29, 1.82) is 0 Å². The standard InChI is InChI=1S/C15H23N3O/c1-12(13-7-4-3-5-8-13)18-10-6-9-17(2)14(11-16)15(18)19/h3-5,7-8,12,14H,6,9-11,16H2,1-2H3. The lowest BCUT2D eigenvalue weighted by molar-refractivity contribution is -0.136. The Labute approximate surface area is 115 Å². The van der Waals surface area contributed by atoms with Crippen molar-refractivity contribution in [3.63, 3.8) is 0 Å². The molecule has 2 rings (SSSR count). The Morgan fingerprint density at radius 3 is 2.63 bits per heavy atom. The van der Waals surface area contributed by atoms with Gasteiger partial charge in [-0.3, -0.25) is 9.69 Å². The number of benzene rings is 1. The van der Waals surface area contributed by atoms with Crippen LogP contribution in [0.4, 0.5) is 0 Å². The smallest absolute Gasteiger partial charge is 0.241 e. The first kappa shape index (κ1) is 14.0. The summed E-state index contributed by atoms with van der Waals surface area (Å²) >= 11 is 0. The van der Waals surface area contributed by atoms with Crippen LogP contribution in [-0.2, 0) is 4.79 Å². The van der Waals surface area contributed by atoms with Crippen LogP contribution in [-0.4, -0.2) is 48.4 Å². The summed E-state index contributed by atoms with van der Waals surface area (Å²) in [6.45, 7) is 4.20. The third-order valence-corrected chi connectivity index (χ3v) is 3.98. The van der Waals surface area contributed by atoms with E-state index in [-0.39, 0.29) is 18.0 Å². The van der Waals surface area contributed by atoms with Crippen LogP contribution in [0.5, 0.6) is 0 Å². The van der Waals surface area contributed by atoms with E-state index < -0.39 is 0 Å². The molecule has 0 radical (unpaired) electrons. The summed E-state index contributed by atoms with van der Waals surface area (Å²) in [6.07, 6.45) is 0.996. The van der Waals surface area contributed by atoms with Crippen LogP contribution in [0.15, 0.2) is 30.3 Å². The Hall–Kier alpha value is -1.39. The molecule has 1 aromatic carbocycles. The molecule has 0 spiro atoms. The average Bonchev–Trinajstić information content (AvgIpc) is 2.57. The maximum absolute atomic E-state index is 12.6. The molecule has 2 unspecified atom stereocenters. The van der Waals surface area contributed by atoms with Gasteiger partial charge in [0.1, 0.15) is 6.04 Å². The van der Waals surface area contributed by atoms with Crippen LogP contribution in [0.25, 0.3) is 0 Å². The van der Waals surface area contributed by atoms with Gasteiger partial charge in [-0.2, -0.15) is 0 Å². The fourth-order valence-electron chi connectivity index (χ4n) is 2.71. The lowest BCUT2D eigenvalue weighted by atomic mass is 10.1. The van der Waals surface area contributed by atoms with Crippen LogP contribution in [0.3, 0.4) is 0 Å². The van der Waals surface area contributed by atoms with E-state index in [0.717, 1.165) is 19.5 Å². The van der Waals surface area contributed by atoms with Crippen LogP contribution in [0.1, 0.15) is 24.9 Å². The van der Waals surface area contributed by atoms with Crippen molar-refractivity contribution in [2.24, 2.45) is 5.73 Å². The average molecular weight is 261 g/mol. The summed E-state index contributed by atoms with van der Waals surface area (Å²) in [5, 5.41) is 0. The molecule has 4 nitrogen and oxygen atoms in total. The zero-order chi connectivity index (χ0) is 13.8. The number of amides is 1. The second-order valence-corrected chi connectivity index (χ2v) is 5.20. The molecule has 4 heteroatoms. The van der Waals surface area contributed by atoms with E-state index in [9.17, 15) is 4.79 Å². The van der Waals surface area contributed by atoms with E-state index in [1.54, 1.807) is 0 Å². The largest absolute Gasteiger partial charge is 0.334 e. The summed E-state index contributed by atoms with van der Waals surface area (Å²) < 4.78 is 0. The molecule has 0 saturated carbocycles. The molecule has 104 valence electrons. The highest BCUT2D eigenvalue weighted by atomic mass is 16.2. The molecule has 1 heterocycles. The SMILES string of the molecule is CC(c1ccccc1)N1CCCN(C)C(CN)C1=O. The topological polar surface area (TPSA) is 49.6 Å². The number of hydrogen-bond acceptors (Lipinski definition) is 3. The molecule has 0 bridgehead atoms. The zero-order valence-electron chi connectivity index (χ0n) is 11.7. The van der Waals surface area contributed by atoms with Crippen LogP contribution >= 0.6 is 0 Å². The fraction of sp³-hybridized carbons (Fsp3) is 0.533. The van der Waals surface area contributed by atoms with Crippen LogP contribution < -0.4 is 5.73 Å². The van der Waals surface area contributed by atoms with Gasteiger partial charge in [0, 0.05) is 19.6 Å². The molecular formula is C15H23N3O. The fourth-order valence-corrected chi connectivity index (χ4v) is 2.71. The first-order chi connectivity index (χ1) is 9.15. The summed E-state index contributed by atoms with van der Waals surface area (Å²) in [5.41, 5.74) is 6.94. The quantitative estimate of drug-likeness (QED) is 0.890. The van der Waals surface area contributed by atoms with Crippen molar-refractivity contribution in [3.05, 3.63) is 35.9 Å². The van der Waals surface area contributed by atoms with E-state index in [1.807, 2.05) is 30.1 Å². The molecule has 0 aromatic heterocycles. The molecule has 0 aliphatic carbocycles. The summed E-state index contributed by atoms with van der Waals surface area (Å²) in [4.78, 5) is 16.6. The Morgan fingerprint density at radius 1 is 1.32 bits per heavy atom. The minimum absolute atomic E-state index is 0.106. The highest BCUT2D eigenvalue weighted by Gasteiger charge is 2.32. The Bertz CT molecular complexity index is 421. The lowest BCUT2D eigenvalue weighted by Crippen LogP contribution is -2.49. The molecule has 2 atom stereocenters. The maximum atomic E-state index is 12.6.